The van der Waals surface area contributed by atoms with Gasteiger partial charge < -0.3 is 29.2 Å². The number of hydrogen-bond acceptors (Lipinski definition) is 6. The van der Waals surface area contributed by atoms with E-state index < -0.39 is 0 Å². The molecule has 8 nitrogen and oxygen atoms in total. The summed E-state index contributed by atoms with van der Waals surface area (Å²) in [6.07, 6.45) is 2.54. The highest BCUT2D eigenvalue weighted by molar-refractivity contribution is 14.0. The van der Waals surface area contributed by atoms with E-state index in [0.29, 0.717) is 6.61 Å². The molecule has 3 unspecified atom stereocenters. The van der Waals surface area contributed by atoms with Crippen LogP contribution in [0.25, 0.3) is 0 Å². The van der Waals surface area contributed by atoms with E-state index in [4.69, 9.17) is 18.9 Å². The van der Waals surface area contributed by atoms with E-state index in [1.165, 1.54) is 5.56 Å². The maximum absolute atomic E-state index is 6.02. The first-order valence-electron chi connectivity index (χ1n) is 11.4. The number of aliphatic imine (C=N–C) groups is 1. The lowest BCUT2D eigenvalue weighted by Crippen LogP contribution is -2.54. The topological polar surface area (TPSA) is 67.8 Å². The summed E-state index contributed by atoms with van der Waals surface area (Å²) in [6.45, 7) is 7.38. The molecule has 1 N–H and O–H groups in total. The fourth-order valence-electron chi connectivity index (χ4n) is 4.68. The zero-order chi connectivity index (χ0) is 21.5. The molecule has 3 atom stereocenters. The molecule has 3 aliphatic rings. The van der Waals surface area contributed by atoms with Gasteiger partial charge in [-0.2, -0.15) is 0 Å². The molecular weight excluding hydrogens is 523 g/mol. The fraction of sp³-hybridized carbons (Fsp3) is 0.696. The number of ether oxygens (including phenoxy) is 4. The highest BCUT2D eigenvalue weighted by Crippen LogP contribution is 2.24. The first kappa shape index (κ1) is 25.5. The molecule has 0 bridgehead atoms. The summed E-state index contributed by atoms with van der Waals surface area (Å²) in [5.41, 5.74) is 1.27. The van der Waals surface area contributed by atoms with E-state index >= 15 is 0 Å². The molecule has 9 heteroatoms. The van der Waals surface area contributed by atoms with Crippen LogP contribution in [0.2, 0.25) is 0 Å². The third-order valence-electron chi connectivity index (χ3n) is 6.42. The summed E-state index contributed by atoms with van der Waals surface area (Å²) >= 11 is 0. The Morgan fingerprint density at radius 3 is 2.50 bits per heavy atom. The third kappa shape index (κ3) is 6.47. The van der Waals surface area contributed by atoms with Gasteiger partial charge in [0.2, 0.25) is 0 Å². The highest BCUT2D eigenvalue weighted by Gasteiger charge is 2.32. The van der Waals surface area contributed by atoms with Gasteiger partial charge in [-0.15, -0.1) is 24.0 Å². The van der Waals surface area contributed by atoms with Gasteiger partial charge in [-0.25, -0.2) is 0 Å². The predicted molar refractivity (Wildman–Crippen MR) is 135 cm³/mol. The number of methoxy groups -OCH3 is 1. The maximum atomic E-state index is 6.02. The first-order valence-corrected chi connectivity index (χ1v) is 11.4. The lowest BCUT2D eigenvalue weighted by molar-refractivity contribution is -0.0817. The number of nitrogens with zero attached hydrogens (tertiary/aromatic N) is 3. The number of benzene rings is 1. The third-order valence-corrected chi connectivity index (χ3v) is 6.42. The normalized spacial score (nSPS) is 25.8. The summed E-state index contributed by atoms with van der Waals surface area (Å²) in [5.74, 6) is 1.81. The lowest BCUT2D eigenvalue weighted by Gasteiger charge is -2.39. The van der Waals surface area contributed by atoms with Gasteiger partial charge in [0.05, 0.1) is 39.1 Å². The maximum Gasteiger partial charge on any atom is 0.193 e. The second kappa shape index (κ2) is 12.9. The molecule has 0 spiro atoms. The van der Waals surface area contributed by atoms with E-state index in [9.17, 15) is 0 Å². The quantitative estimate of drug-likeness (QED) is 0.325. The Morgan fingerprint density at radius 2 is 1.84 bits per heavy atom. The van der Waals surface area contributed by atoms with Crippen molar-refractivity contribution < 1.29 is 18.9 Å². The van der Waals surface area contributed by atoms with Crippen molar-refractivity contribution in [3.05, 3.63) is 29.8 Å². The molecule has 0 aliphatic carbocycles. The Kier molecular flexibility index (Phi) is 10.3. The summed E-state index contributed by atoms with van der Waals surface area (Å²) in [4.78, 5) is 9.37. The van der Waals surface area contributed by atoms with Crippen molar-refractivity contribution in [2.75, 3.05) is 73.3 Å². The Labute approximate surface area is 208 Å². The van der Waals surface area contributed by atoms with Crippen LogP contribution in [0.4, 0.5) is 0 Å². The van der Waals surface area contributed by atoms with Gasteiger partial charge in [-0.1, -0.05) is 12.1 Å². The van der Waals surface area contributed by atoms with Crippen molar-refractivity contribution in [2.24, 2.45) is 4.99 Å². The van der Waals surface area contributed by atoms with Crippen LogP contribution in [0.3, 0.4) is 0 Å². The number of hydrogen-bond donors (Lipinski definition) is 1. The minimum Gasteiger partial charge on any atom is -0.497 e. The van der Waals surface area contributed by atoms with Crippen molar-refractivity contribution in [1.29, 1.82) is 0 Å². The summed E-state index contributed by atoms with van der Waals surface area (Å²) in [7, 11) is 3.56. The van der Waals surface area contributed by atoms with E-state index in [1.54, 1.807) is 7.11 Å². The number of nitrogens with one attached hydrogen (secondary N) is 1. The second-order valence-electron chi connectivity index (χ2n) is 8.27. The monoisotopic (exact) mass is 560 g/mol. The summed E-state index contributed by atoms with van der Waals surface area (Å²) in [6, 6.07) is 8.62. The van der Waals surface area contributed by atoms with Crippen LogP contribution in [0.15, 0.2) is 29.3 Å². The van der Waals surface area contributed by atoms with Crippen molar-refractivity contribution in [3.63, 3.8) is 0 Å². The Hall–Kier alpha value is -1.14. The van der Waals surface area contributed by atoms with Gasteiger partial charge in [-0.3, -0.25) is 9.89 Å². The van der Waals surface area contributed by atoms with Crippen LogP contribution < -0.4 is 10.1 Å². The molecule has 1 aromatic rings. The van der Waals surface area contributed by atoms with Crippen molar-refractivity contribution >= 4 is 29.9 Å². The average Bonchev–Trinajstić information content (AvgIpc) is 3.38. The molecule has 3 fully saturated rings. The average molecular weight is 560 g/mol. The SMILES string of the molecule is CN=C(NCC(c1ccc(OC)cc1)N1CCOCC1)N1CCOC(C2CCCO2)C1.I. The fourth-order valence-corrected chi connectivity index (χ4v) is 4.68. The van der Waals surface area contributed by atoms with Crippen molar-refractivity contribution in [2.45, 2.75) is 31.1 Å². The number of rotatable bonds is 6. The van der Waals surface area contributed by atoms with E-state index in [2.05, 4.69) is 32.2 Å². The van der Waals surface area contributed by atoms with Crippen LogP contribution in [-0.4, -0.2) is 101 Å². The van der Waals surface area contributed by atoms with Gasteiger partial charge in [0.15, 0.2) is 5.96 Å². The lowest BCUT2D eigenvalue weighted by atomic mass is 10.0. The molecular formula is C23H37IN4O4. The van der Waals surface area contributed by atoms with Crippen LogP contribution in [0, 0.1) is 0 Å². The second-order valence-corrected chi connectivity index (χ2v) is 8.27. The van der Waals surface area contributed by atoms with Gasteiger partial charge >= 0.3 is 0 Å². The largest absolute Gasteiger partial charge is 0.497 e. The molecule has 3 heterocycles. The Bertz CT molecular complexity index is 708. The van der Waals surface area contributed by atoms with E-state index in [1.807, 2.05) is 19.2 Å². The molecule has 1 aromatic carbocycles. The highest BCUT2D eigenvalue weighted by atomic mass is 127. The standard InChI is InChI=1S/C23H36N4O4.HI/c1-24-23(27-11-15-31-22(17-27)21-4-3-12-30-21)25-16-20(26-9-13-29-14-10-26)18-5-7-19(28-2)8-6-18;/h5-8,20-22H,3-4,9-17H2,1-2H3,(H,24,25);1H. The summed E-state index contributed by atoms with van der Waals surface area (Å²) in [5, 5.41) is 3.64. The Balaban J connectivity index is 0.00000289. The first-order chi connectivity index (χ1) is 15.3. The molecule has 32 heavy (non-hydrogen) atoms. The Morgan fingerprint density at radius 1 is 1.09 bits per heavy atom. The smallest absolute Gasteiger partial charge is 0.193 e. The predicted octanol–water partition coefficient (Wildman–Crippen LogP) is 2.14. The van der Waals surface area contributed by atoms with Gasteiger partial charge in [0.1, 0.15) is 11.9 Å². The molecule has 180 valence electrons. The molecule has 0 saturated carbocycles. The molecule has 3 saturated heterocycles. The zero-order valence-electron chi connectivity index (χ0n) is 19.2. The van der Waals surface area contributed by atoms with E-state index in [-0.39, 0.29) is 42.2 Å². The van der Waals surface area contributed by atoms with Crippen LogP contribution in [0.1, 0.15) is 24.4 Å². The minimum absolute atomic E-state index is 0. The molecule has 0 amide bonds. The summed E-state index contributed by atoms with van der Waals surface area (Å²) < 4.78 is 22.8. The van der Waals surface area contributed by atoms with Gasteiger partial charge in [0, 0.05) is 46.4 Å². The van der Waals surface area contributed by atoms with Crippen molar-refractivity contribution in [1.82, 2.24) is 15.1 Å². The van der Waals surface area contributed by atoms with E-state index in [0.717, 1.165) is 77.1 Å². The number of halogens is 1. The number of guanidine groups is 1. The zero-order valence-corrected chi connectivity index (χ0v) is 21.5. The van der Waals surface area contributed by atoms with Crippen LogP contribution in [-0.2, 0) is 14.2 Å². The molecule has 0 aromatic heterocycles. The molecule has 4 rings (SSSR count). The van der Waals surface area contributed by atoms with Crippen LogP contribution >= 0.6 is 24.0 Å². The molecule has 3 aliphatic heterocycles. The van der Waals surface area contributed by atoms with Crippen LogP contribution in [0.5, 0.6) is 5.75 Å². The minimum atomic E-state index is 0. The van der Waals surface area contributed by atoms with Gasteiger partial charge in [-0.05, 0) is 30.5 Å². The van der Waals surface area contributed by atoms with Gasteiger partial charge in [0.25, 0.3) is 0 Å². The number of morpholine rings is 2. The molecule has 0 radical (unpaired) electrons. The van der Waals surface area contributed by atoms with Crippen molar-refractivity contribution in [3.8, 4) is 5.75 Å².